The van der Waals surface area contributed by atoms with Gasteiger partial charge in [-0.05, 0) is 44.0 Å². The van der Waals surface area contributed by atoms with E-state index in [0.29, 0.717) is 0 Å². The van der Waals surface area contributed by atoms with E-state index in [-0.39, 0.29) is 4.90 Å². The average Bonchev–Trinajstić information content (AvgIpc) is 2.83. The van der Waals surface area contributed by atoms with Gasteiger partial charge in [0, 0.05) is 19.6 Å². The predicted molar refractivity (Wildman–Crippen MR) is 70.1 cm³/mol. The molecule has 1 aliphatic rings. The quantitative estimate of drug-likeness (QED) is 0.845. The number of hydrazine groups is 1. The molecule has 1 N–H and O–H groups in total. The minimum atomic E-state index is -4.10. The summed E-state index contributed by atoms with van der Waals surface area (Å²) in [5.41, 5.74) is 0.951. The maximum absolute atomic E-state index is 11.0. The SMILES string of the molecule is CCN(c1ccc(S(=O)(=O)O)cc1)N1CCCC1. The third-order valence-corrected chi connectivity index (χ3v) is 4.02. The van der Waals surface area contributed by atoms with Crippen molar-refractivity contribution in [2.24, 2.45) is 0 Å². The second-order valence-electron chi connectivity index (χ2n) is 4.35. The molecular weight excluding hydrogens is 252 g/mol. The van der Waals surface area contributed by atoms with Crippen molar-refractivity contribution in [1.82, 2.24) is 5.01 Å². The first-order valence-corrected chi connectivity index (χ1v) is 7.56. The number of benzene rings is 1. The summed E-state index contributed by atoms with van der Waals surface area (Å²) < 4.78 is 30.9. The summed E-state index contributed by atoms with van der Waals surface area (Å²) in [7, 11) is -4.10. The fourth-order valence-electron chi connectivity index (χ4n) is 2.28. The van der Waals surface area contributed by atoms with Crippen LogP contribution >= 0.6 is 0 Å². The first kappa shape index (κ1) is 13.3. The summed E-state index contributed by atoms with van der Waals surface area (Å²) in [6.45, 7) is 4.97. The highest BCUT2D eigenvalue weighted by atomic mass is 32.2. The highest BCUT2D eigenvalue weighted by Gasteiger charge is 2.19. The summed E-state index contributed by atoms with van der Waals surface area (Å²) in [5.74, 6) is 0. The lowest BCUT2D eigenvalue weighted by Crippen LogP contribution is -2.40. The minimum absolute atomic E-state index is 0.0660. The van der Waals surface area contributed by atoms with Crippen molar-refractivity contribution in [3.05, 3.63) is 24.3 Å². The standard InChI is InChI=1S/C12H18N2O3S/c1-2-14(13-9-3-4-10-13)11-5-7-12(8-6-11)18(15,16)17/h5-8H,2-4,9-10H2,1H3,(H,15,16,17). The fourth-order valence-corrected chi connectivity index (χ4v) is 2.76. The van der Waals surface area contributed by atoms with Gasteiger partial charge in [0.05, 0.1) is 10.6 Å². The lowest BCUT2D eigenvalue weighted by atomic mass is 10.3. The van der Waals surface area contributed by atoms with Gasteiger partial charge in [-0.3, -0.25) is 4.55 Å². The highest BCUT2D eigenvalue weighted by molar-refractivity contribution is 7.85. The fraction of sp³-hybridized carbons (Fsp3) is 0.500. The van der Waals surface area contributed by atoms with Gasteiger partial charge in [0.15, 0.2) is 0 Å². The zero-order valence-corrected chi connectivity index (χ0v) is 11.2. The first-order chi connectivity index (χ1) is 8.52. The Labute approximate surface area is 108 Å². The van der Waals surface area contributed by atoms with E-state index in [1.54, 1.807) is 12.1 Å². The lowest BCUT2D eigenvalue weighted by molar-refractivity contribution is 0.312. The van der Waals surface area contributed by atoms with Gasteiger partial charge >= 0.3 is 0 Å². The molecule has 0 amide bonds. The van der Waals surface area contributed by atoms with Gasteiger partial charge in [-0.15, -0.1) is 0 Å². The Balaban J connectivity index is 2.21. The van der Waals surface area contributed by atoms with E-state index >= 15 is 0 Å². The Morgan fingerprint density at radius 1 is 1.22 bits per heavy atom. The van der Waals surface area contributed by atoms with Crippen molar-refractivity contribution in [2.75, 3.05) is 24.6 Å². The lowest BCUT2D eigenvalue weighted by Gasteiger charge is -2.32. The second-order valence-corrected chi connectivity index (χ2v) is 5.77. The Hall–Kier alpha value is -1.11. The number of rotatable bonds is 4. The number of hydrogen-bond acceptors (Lipinski definition) is 4. The van der Waals surface area contributed by atoms with Crippen LogP contribution in [0.4, 0.5) is 5.69 Å². The van der Waals surface area contributed by atoms with Crippen molar-refractivity contribution >= 4 is 15.8 Å². The van der Waals surface area contributed by atoms with Crippen molar-refractivity contribution < 1.29 is 13.0 Å². The van der Waals surface area contributed by atoms with Gasteiger partial charge in [-0.1, -0.05) is 0 Å². The van der Waals surface area contributed by atoms with E-state index in [2.05, 4.69) is 16.9 Å². The van der Waals surface area contributed by atoms with Crippen LogP contribution in [0.15, 0.2) is 29.2 Å². The predicted octanol–water partition coefficient (Wildman–Crippen LogP) is 1.77. The molecule has 5 nitrogen and oxygen atoms in total. The van der Waals surface area contributed by atoms with E-state index in [1.165, 1.54) is 25.0 Å². The summed E-state index contributed by atoms with van der Waals surface area (Å²) >= 11 is 0. The molecular formula is C12H18N2O3S. The van der Waals surface area contributed by atoms with Crippen LogP contribution in [-0.2, 0) is 10.1 Å². The first-order valence-electron chi connectivity index (χ1n) is 6.12. The number of nitrogens with zero attached hydrogens (tertiary/aromatic N) is 2. The zero-order chi connectivity index (χ0) is 13.2. The van der Waals surface area contributed by atoms with Gasteiger partial charge in [0.1, 0.15) is 0 Å². The maximum Gasteiger partial charge on any atom is 0.294 e. The Bertz CT molecular complexity index is 493. The Morgan fingerprint density at radius 3 is 2.22 bits per heavy atom. The largest absolute Gasteiger partial charge is 0.306 e. The molecule has 1 saturated heterocycles. The van der Waals surface area contributed by atoms with Gasteiger partial charge in [-0.2, -0.15) is 8.42 Å². The average molecular weight is 270 g/mol. The monoisotopic (exact) mass is 270 g/mol. The van der Waals surface area contributed by atoms with Gasteiger partial charge in [-0.25, -0.2) is 5.01 Å². The summed E-state index contributed by atoms with van der Waals surface area (Å²) in [6.07, 6.45) is 2.39. The summed E-state index contributed by atoms with van der Waals surface area (Å²) in [6, 6.07) is 6.32. The van der Waals surface area contributed by atoms with E-state index in [9.17, 15) is 8.42 Å². The van der Waals surface area contributed by atoms with E-state index in [0.717, 1.165) is 25.3 Å². The molecule has 0 atom stereocenters. The molecule has 6 heteroatoms. The van der Waals surface area contributed by atoms with Gasteiger partial charge in [0.25, 0.3) is 10.1 Å². The van der Waals surface area contributed by atoms with Crippen LogP contribution in [0.1, 0.15) is 19.8 Å². The topological polar surface area (TPSA) is 60.9 Å². The molecule has 0 aromatic heterocycles. The summed E-state index contributed by atoms with van der Waals surface area (Å²) in [4.78, 5) is -0.0660. The van der Waals surface area contributed by atoms with Crippen LogP contribution in [0.2, 0.25) is 0 Å². The van der Waals surface area contributed by atoms with Crippen molar-refractivity contribution in [3.63, 3.8) is 0 Å². The molecule has 0 spiro atoms. The third-order valence-electron chi connectivity index (χ3n) is 3.16. The van der Waals surface area contributed by atoms with Gasteiger partial charge < -0.3 is 5.01 Å². The molecule has 1 heterocycles. The normalized spacial score (nSPS) is 17.0. The molecule has 0 aliphatic carbocycles. The van der Waals surface area contributed by atoms with Crippen LogP contribution in [0.3, 0.4) is 0 Å². The summed E-state index contributed by atoms with van der Waals surface area (Å²) in [5, 5.41) is 4.41. The number of anilines is 1. The van der Waals surface area contributed by atoms with Crippen LogP contribution in [0.5, 0.6) is 0 Å². The molecule has 0 saturated carbocycles. The van der Waals surface area contributed by atoms with E-state index in [1.807, 2.05) is 0 Å². The van der Waals surface area contributed by atoms with Crippen molar-refractivity contribution in [3.8, 4) is 0 Å². The Kier molecular flexibility index (Phi) is 3.89. The molecule has 1 aromatic carbocycles. The second kappa shape index (κ2) is 5.26. The molecule has 18 heavy (non-hydrogen) atoms. The Morgan fingerprint density at radius 2 is 1.78 bits per heavy atom. The number of hydrogen-bond donors (Lipinski definition) is 1. The molecule has 0 bridgehead atoms. The molecule has 1 aromatic rings. The van der Waals surface area contributed by atoms with Crippen LogP contribution < -0.4 is 5.01 Å². The van der Waals surface area contributed by atoms with E-state index in [4.69, 9.17) is 4.55 Å². The molecule has 0 radical (unpaired) electrons. The molecule has 1 fully saturated rings. The van der Waals surface area contributed by atoms with Crippen LogP contribution in [0, 0.1) is 0 Å². The zero-order valence-electron chi connectivity index (χ0n) is 10.4. The molecule has 0 unspecified atom stereocenters. The van der Waals surface area contributed by atoms with Crippen molar-refractivity contribution in [1.29, 1.82) is 0 Å². The van der Waals surface area contributed by atoms with Gasteiger partial charge in [0.2, 0.25) is 0 Å². The third kappa shape index (κ3) is 2.82. The highest BCUT2D eigenvalue weighted by Crippen LogP contribution is 2.22. The van der Waals surface area contributed by atoms with Crippen molar-refractivity contribution in [2.45, 2.75) is 24.7 Å². The van der Waals surface area contributed by atoms with Crippen LogP contribution in [0.25, 0.3) is 0 Å². The minimum Gasteiger partial charge on any atom is -0.306 e. The molecule has 1 aliphatic heterocycles. The maximum atomic E-state index is 11.0. The molecule has 100 valence electrons. The van der Waals surface area contributed by atoms with E-state index < -0.39 is 10.1 Å². The van der Waals surface area contributed by atoms with Crippen LogP contribution in [-0.4, -0.2) is 37.6 Å². The molecule has 2 rings (SSSR count). The smallest absolute Gasteiger partial charge is 0.294 e.